The standard InChI is InChI=1S/C13H19IN2O2S/c14-12-3-5-13(6-4-12)19(17,18)16-9-7-11-2-1-8-15-10-11/h3-6,11,15-16H,1-2,7-10H2. The van der Waals surface area contributed by atoms with Crippen LogP contribution in [0.2, 0.25) is 0 Å². The van der Waals surface area contributed by atoms with Gasteiger partial charge in [-0.3, -0.25) is 0 Å². The molecule has 1 atom stereocenters. The molecule has 0 aliphatic carbocycles. The third-order valence-electron chi connectivity index (χ3n) is 3.37. The number of hydrogen-bond donors (Lipinski definition) is 2. The maximum atomic E-state index is 12.1. The molecule has 1 aromatic carbocycles. The van der Waals surface area contributed by atoms with Crippen molar-refractivity contribution < 1.29 is 8.42 Å². The van der Waals surface area contributed by atoms with Gasteiger partial charge in [-0.05, 0) is 85.1 Å². The minimum atomic E-state index is -3.35. The Labute approximate surface area is 128 Å². The van der Waals surface area contributed by atoms with E-state index >= 15 is 0 Å². The number of nitrogens with one attached hydrogen (secondary N) is 2. The molecule has 1 aromatic rings. The number of halogens is 1. The van der Waals surface area contributed by atoms with Crippen LogP contribution in [0.15, 0.2) is 29.2 Å². The molecular formula is C13H19IN2O2S. The predicted octanol–water partition coefficient (Wildman–Crippen LogP) is 1.96. The van der Waals surface area contributed by atoms with Crippen molar-refractivity contribution in [2.75, 3.05) is 19.6 Å². The maximum Gasteiger partial charge on any atom is 0.240 e. The fourth-order valence-corrected chi connectivity index (χ4v) is 3.67. The van der Waals surface area contributed by atoms with Gasteiger partial charge in [0.15, 0.2) is 0 Å². The van der Waals surface area contributed by atoms with Crippen molar-refractivity contribution in [2.45, 2.75) is 24.2 Å². The second-order valence-corrected chi connectivity index (χ2v) is 7.87. The van der Waals surface area contributed by atoms with Gasteiger partial charge < -0.3 is 5.32 Å². The summed E-state index contributed by atoms with van der Waals surface area (Å²) in [5.74, 6) is 0.591. The van der Waals surface area contributed by atoms with Gasteiger partial charge in [-0.15, -0.1) is 0 Å². The van der Waals surface area contributed by atoms with Gasteiger partial charge in [0.25, 0.3) is 0 Å². The number of piperidine rings is 1. The van der Waals surface area contributed by atoms with Crippen molar-refractivity contribution >= 4 is 32.6 Å². The molecule has 19 heavy (non-hydrogen) atoms. The highest BCUT2D eigenvalue weighted by Gasteiger charge is 2.16. The Morgan fingerprint density at radius 1 is 1.32 bits per heavy atom. The minimum Gasteiger partial charge on any atom is -0.316 e. The van der Waals surface area contributed by atoms with Crippen molar-refractivity contribution in [1.82, 2.24) is 10.0 Å². The SMILES string of the molecule is O=S(=O)(NCCC1CCCNC1)c1ccc(I)cc1. The zero-order valence-corrected chi connectivity index (χ0v) is 13.7. The van der Waals surface area contributed by atoms with Crippen LogP contribution in [0.5, 0.6) is 0 Å². The van der Waals surface area contributed by atoms with E-state index in [-0.39, 0.29) is 0 Å². The van der Waals surface area contributed by atoms with Gasteiger partial charge in [0.05, 0.1) is 4.90 Å². The van der Waals surface area contributed by atoms with Crippen LogP contribution in [0, 0.1) is 9.49 Å². The molecule has 1 aliphatic heterocycles. The van der Waals surface area contributed by atoms with Crippen LogP contribution in [0.25, 0.3) is 0 Å². The predicted molar refractivity (Wildman–Crippen MR) is 84.6 cm³/mol. The second kappa shape index (κ2) is 7.01. The Bertz CT molecular complexity index is 496. The summed E-state index contributed by atoms with van der Waals surface area (Å²) >= 11 is 2.16. The van der Waals surface area contributed by atoms with Gasteiger partial charge in [-0.25, -0.2) is 13.1 Å². The molecule has 1 aliphatic rings. The zero-order valence-electron chi connectivity index (χ0n) is 10.7. The monoisotopic (exact) mass is 394 g/mol. The van der Waals surface area contributed by atoms with Gasteiger partial charge in [0.1, 0.15) is 0 Å². The van der Waals surface area contributed by atoms with Crippen LogP contribution in [-0.4, -0.2) is 28.1 Å². The summed E-state index contributed by atoms with van der Waals surface area (Å²) in [6, 6.07) is 6.90. The molecule has 2 N–H and O–H groups in total. The number of benzene rings is 1. The third kappa shape index (κ3) is 4.70. The fraction of sp³-hybridized carbons (Fsp3) is 0.538. The van der Waals surface area contributed by atoms with E-state index in [9.17, 15) is 8.42 Å². The Balaban J connectivity index is 1.85. The smallest absolute Gasteiger partial charge is 0.240 e. The lowest BCUT2D eigenvalue weighted by Crippen LogP contribution is -2.33. The normalized spacial score (nSPS) is 20.4. The molecule has 0 bridgehead atoms. The van der Waals surface area contributed by atoms with E-state index in [1.54, 1.807) is 24.3 Å². The maximum absolute atomic E-state index is 12.1. The van der Waals surface area contributed by atoms with Gasteiger partial charge in [0.2, 0.25) is 10.0 Å². The van der Waals surface area contributed by atoms with E-state index in [0.29, 0.717) is 17.4 Å². The summed E-state index contributed by atoms with van der Waals surface area (Å²) in [7, 11) is -3.35. The lowest BCUT2D eigenvalue weighted by Gasteiger charge is -2.22. The molecule has 1 fully saturated rings. The van der Waals surface area contributed by atoms with Gasteiger partial charge >= 0.3 is 0 Å². The van der Waals surface area contributed by atoms with Gasteiger partial charge in [0, 0.05) is 10.1 Å². The van der Waals surface area contributed by atoms with Crippen LogP contribution in [-0.2, 0) is 10.0 Å². The first-order valence-corrected chi connectivity index (χ1v) is 9.10. The summed E-state index contributed by atoms with van der Waals surface area (Å²) < 4.78 is 27.8. The van der Waals surface area contributed by atoms with E-state index < -0.39 is 10.0 Å². The molecule has 1 unspecified atom stereocenters. The molecule has 0 radical (unpaired) electrons. The largest absolute Gasteiger partial charge is 0.316 e. The average Bonchev–Trinajstić information content (AvgIpc) is 2.40. The number of sulfonamides is 1. The van der Waals surface area contributed by atoms with E-state index in [1.165, 1.54) is 12.8 Å². The highest BCUT2D eigenvalue weighted by atomic mass is 127. The van der Waals surface area contributed by atoms with Gasteiger partial charge in [-0.1, -0.05) is 0 Å². The highest BCUT2D eigenvalue weighted by molar-refractivity contribution is 14.1. The number of hydrogen-bond acceptors (Lipinski definition) is 3. The molecule has 2 rings (SSSR count). The van der Waals surface area contributed by atoms with Crippen LogP contribution in [0.3, 0.4) is 0 Å². The molecule has 1 heterocycles. The van der Waals surface area contributed by atoms with Crippen molar-refractivity contribution in [2.24, 2.45) is 5.92 Å². The first-order valence-electron chi connectivity index (χ1n) is 6.54. The summed E-state index contributed by atoms with van der Waals surface area (Å²) in [6.45, 7) is 2.61. The molecule has 106 valence electrons. The summed E-state index contributed by atoms with van der Waals surface area (Å²) in [4.78, 5) is 0.342. The first-order chi connectivity index (χ1) is 9.08. The first kappa shape index (κ1) is 15.2. The van der Waals surface area contributed by atoms with E-state index in [0.717, 1.165) is 23.1 Å². The Kier molecular flexibility index (Phi) is 5.61. The molecule has 6 heteroatoms. The van der Waals surface area contributed by atoms with E-state index in [1.807, 2.05) is 0 Å². The minimum absolute atomic E-state index is 0.342. The molecule has 0 saturated carbocycles. The van der Waals surface area contributed by atoms with Crippen molar-refractivity contribution in [1.29, 1.82) is 0 Å². The topological polar surface area (TPSA) is 58.2 Å². The van der Waals surface area contributed by atoms with E-state index in [4.69, 9.17) is 0 Å². The Hall–Kier alpha value is -0.180. The average molecular weight is 394 g/mol. The Morgan fingerprint density at radius 2 is 2.05 bits per heavy atom. The summed E-state index contributed by atoms with van der Waals surface area (Å²) in [5.41, 5.74) is 0. The number of rotatable bonds is 5. The second-order valence-electron chi connectivity index (χ2n) is 4.85. The molecule has 0 amide bonds. The zero-order chi connectivity index (χ0) is 13.7. The van der Waals surface area contributed by atoms with Crippen molar-refractivity contribution in [3.8, 4) is 0 Å². The van der Waals surface area contributed by atoms with Crippen LogP contribution >= 0.6 is 22.6 Å². The lowest BCUT2D eigenvalue weighted by molar-refractivity contribution is 0.358. The van der Waals surface area contributed by atoms with Crippen molar-refractivity contribution in [3.63, 3.8) is 0 Å². The van der Waals surface area contributed by atoms with Crippen LogP contribution in [0.1, 0.15) is 19.3 Å². The fourth-order valence-electron chi connectivity index (χ4n) is 2.26. The van der Waals surface area contributed by atoms with Crippen molar-refractivity contribution in [3.05, 3.63) is 27.8 Å². The molecule has 1 saturated heterocycles. The molecule has 0 aromatic heterocycles. The van der Waals surface area contributed by atoms with Gasteiger partial charge in [-0.2, -0.15) is 0 Å². The van der Waals surface area contributed by atoms with E-state index in [2.05, 4.69) is 32.6 Å². The molecule has 4 nitrogen and oxygen atoms in total. The Morgan fingerprint density at radius 3 is 2.68 bits per heavy atom. The summed E-state index contributed by atoms with van der Waals surface area (Å²) in [5, 5.41) is 3.34. The van der Waals surface area contributed by atoms with Crippen LogP contribution in [0.4, 0.5) is 0 Å². The highest BCUT2D eigenvalue weighted by Crippen LogP contribution is 2.15. The summed E-state index contributed by atoms with van der Waals surface area (Å²) in [6.07, 6.45) is 3.28. The molecular weight excluding hydrogens is 375 g/mol. The molecule has 0 spiro atoms. The van der Waals surface area contributed by atoms with Crippen LogP contribution < -0.4 is 10.0 Å². The quantitative estimate of drug-likeness (QED) is 0.751. The third-order valence-corrected chi connectivity index (χ3v) is 5.56. The lowest BCUT2D eigenvalue weighted by atomic mass is 9.96.